The number of aryl methyl sites for hydroxylation is 1. The van der Waals surface area contributed by atoms with Gasteiger partial charge in [0, 0.05) is 24.7 Å². The Morgan fingerprint density at radius 1 is 1.14 bits per heavy atom. The molecule has 0 heterocycles. The molecular weight excluding hydrogens is 481 g/mol. The molecule has 7 heteroatoms. The lowest BCUT2D eigenvalue weighted by molar-refractivity contribution is 0.405. The Morgan fingerprint density at radius 2 is 1.90 bits per heavy atom. The van der Waals surface area contributed by atoms with Crippen LogP contribution in [0, 0.1) is 6.92 Å². The number of halogens is 1. The van der Waals surface area contributed by atoms with Gasteiger partial charge in [0.2, 0.25) is 0 Å². The Labute approximate surface area is 190 Å². The molecule has 6 nitrogen and oxygen atoms in total. The number of aromatic hydroxyl groups is 1. The van der Waals surface area contributed by atoms with Crippen LogP contribution in [-0.4, -0.2) is 38.4 Å². The van der Waals surface area contributed by atoms with E-state index in [0.29, 0.717) is 18.7 Å². The number of hydrogen-bond acceptors (Lipinski definition) is 4. The molecular formula is C22H32IN3O3. The van der Waals surface area contributed by atoms with Gasteiger partial charge in [-0.3, -0.25) is 4.99 Å². The van der Waals surface area contributed by atoms with Gasteiger partial charge in [-0.15, -0.1) is 24.0 Å². The van der Waals surface area contributed by atoms with Crippen molar-refractivity contribution in [2.24, 2.45) is 4.99 Å². The second kappa shape index (κ2) is 12.4. The zero-order valence-electron chi connectivity index (χ0n) is 17.8. The molecule has 1 unspecified atom stereocenters. The average molecular weight is 513 g/mol. The summed E-state index contributed by atoms with van der Waals surface area (Å²) in [5.41, 5.74) is 3.11. The molecule has 160 valence electrons. The maximum absolute atomic E-state index is 10.1. The molecule has 0 bridgehead atoms. The maximum atomic E-state index is 10.1. The van der Waals surface area contributed by atoms with Crippen molar-refractivity contribution in [3.8, 4) is 17.2 Å². The summed E-state index contributed by atoms with van der Waals surface area (Å²) in [6, 6.07) is 11.5. The third kappa shape index (κ3) is 7.30. The van der Waals surface area contributed by atoms with Gasteiger partial charge in [-0.2, -0.15) is 0 Å². The van der Waals surface area contributed by atoms with Crippen molar-refractivity contribution in [3.63, 3.8) is 0 Å². The average Bonchev–Trinajstić information content (AvgIpc) is 2.69. The number of hydrogen-bond donors (Lipinski definition) is 3. The van der Waals surface area contributed by atoms with Crippen molar-refractivity contribution < 1.29 is 14.6 Å². The number of aliphatic imine (C=N–C) groups is 1. The number of methoxy groups -OCH3 is 2. The highest BCUT2D eigenvalue weighted by molar-refractivity contribution is 14.0. The standard InChI is InChI=1S/C22H31N3O3.HI/c1-6-23-22(24-12-11-17-8-9-18(27-4)14-20(17)26)25-16(3)19-13-15(2)7-10-21(19)28-5;/h7-10,13-14,16,26H,6,11-12H2,1-5H3,(H2,23,24,25);1H. The lowest BCUT2D eigenvalue weighted by Crippen LogP contribution is -2.39. The lowest BCUT2D eigenvalue weighted by Gasteiger charge is -2.20. The molecule has 0 aliphatic heterocycles. The quantitative estimate of drug-likeness (QED) is 0.281. The van der Waals surface area contributed by atoms with Crippen LogP contribution in [0.4, 0.5) is 0 Å². The summed E-state index contributed by atoms with van der Waals surface area (Å²) in [6.07, 6.45) is 0.633. The first kappa shape index (κ1) is 24.9. The molecule has 0 aromatic heterocycles. The number of phenolic OH excluding ortho intramolecular Hbond substituents is 1. The second-order valence-electron chi connectivity index (χ2n) is 6.62. The van der Waals surface area contributed by atoms with E-state index in [9.17, 15) is 5.11 Å². The van der Waals surface area contributed by atoms with Gasteiger partial charge in [0.1, 0.15) is 17.2 Å². The van der Waals surface area contributed by atoms with Gasteiger partial charge in [0.25, 0.3) is 0 Å². The van der Waals surface area contributed by atoms with E-state index in [1.165, 1.54) is 5.56 Å². The van der Waals surface area contributed by atoms with E-state index in [1.807, 2.05) is 31.2 Å². The van der Waals surface area contributed by atoms with Crippen LogP contribution < -0.4 is 20.1 Å². The van der Waals surface area contributed by atoms with Crippen molar-refractivity contribution in [2.45, 2.75) is 33.2 Å². The second-order valence-corrected chi connectivity index (χ2v) is 6.62. The maximum Gasteiger partial charge on any atom is 0.191 e. The van der Waals surface area contributed by atoms with E-state index in [2.05, 4.69) is 35.5 Å². The van der Waals surface area contributed by atoms with Gasteiger partial charge >= 0.3 is 0 Å². The third-order valence-electron chi connectivity index (χ3n) is 4.49. The van der Waals surface area contributed by atoms with E-state index in [1.54, 1.807) is 20.3 Å². The number of ether oxygens (including phenoxy) is 2. The fourth-order valence-corrected chi connectivity index (χ4v) is 2.97. The predicted molar refractivity (Wildman–Crippen MR) is 129 cm³/mol. The Morgan fingerprint density at radius 3 is 2.52 bits per heavy atom. The summed E-state index contributed by atoms with van der Waals surface area (Å²) in [7, 11) is 3.26. The highest BCUT2D eigenvalue weighted by Crippen LogP contribution is 2.26. The highest BCUT2D eigenvalue weighted by atomic mass is 127. The van der Waals surface area contributed by atoms with Crippen molar-refractivity contribution in [3.05, 3.63) is 53.1 Å². The van der Waals surface area contributed by atoms with E-state index >= 15 is 0 Å². The van der Waals surface area contributed by atoms with E-state index in [4.69, 9.17) is 9.47 Å². The zero-order valence-corrected chi connectivity index (χ0v) is 20.1. The molecule has 0 fully saturated rings. The number of guanidine groups is 1. The van der Waals surface area contributed by atoms with Crippen LogP contribution >= 0.6 is 24.0 Å². The fraction of sp³-hybridized carbons (Fsp3) is 0.409. The van der Waals surface area contributed by atoms with Crippen LogP contribution in [-0.2, 0) is 6.42 Å². The fourth-order valence-electron chi connectivity index (χ4n) is 2.97. The van der Waals surface area contributed by atoms with E-state index in [0.717, 1.165) is 29.4 Å². The van der Waals surface area contributed by atoms with E-state index < -0.39 is 0 Å². The Kier molecular flexibility index (Phi) is 10.6. The van der Waals surface area contributed by atoms with Crippen molar-refractivity contribution in [1.82, 2.24) is 10.6 Å². The summed E-state index contributed by atoms with van der Waals surface area (Å²) in [5.74, 6) is 2.45. The molecule has 3 N–H and O–H groups in total. The zero-order chi connectivity index (χ0) is 20.5. The van der Waals surface area contributed by atoms with Crippen molar-refractivity contribution in [1.29, 1.82) is 0 Å². The Hall–Kier alpha value is -2.16. The van der Waals surface area contributed by atoms with Crippen LogP contribution in [0.5, 0.6) is 17.2 Å². The van der Waals surface area contributed by atoms with Crippen LogP contribution in [0.2, 0.25) is 0 Å². The SMILES string of the molecule is CCNC(=NCCc1ccc(OC)cc1O)NC(C)c1cc(C)ccc1OC.I. The smallest absolute Gasteiger partial charge is 0.191 e. The first-order chi connectivity index (χ1) is 13.5. The molecule has 2 rings (SSSR count). The summed E-state index contributed by atoms with van der Waals surface area (Å²) in [6.45, 7) is 7.49. The predicted octanol–water partition coefficient (Wildman–Crippen LogP) is 4.19. The number of benzene rings is 2. The third-order valence-corrected chi connectivity index (χ3v) is 4.49. The Balaban J connectivity index is 0.00000420. The molecule has 2 aromatic rings. The minimum Gasteiger partial charge on any atom is -0.508 e. The Bertz CT molecular complexity index is 812. The molecule has 1 atom stereocenters. The molecule has 0 aliphatic rings. The minimum absolute atomic E-state index is 0. The lowest BCUT2D eigenvalue weighted by atomic mass is 10.0. The number of phenols is 1. The molecule has 0 radical (unpaired) electrons. The topological polar surface area (TPSA) is 75.1 Å². The molecule has 0 spiro atoms. The summed E-state index contributed by atoms with van der Waals surface area (Å²) >= 11 is 0. The molecule has 0 saturated carbocycles. The van der Waals surface area contributed by atoms with Gasteiger partial charge in [0.05, 0.1) is 20.3 Å². The van der Waals surface area contributed by atoms with Crippen LogP contribution in [0.1, 0.15) is 36.6 Å². The molecule has 0 amide bonds. The van der Waals surface area contributed by atoms with Gasteiger partial charge in [0.15, 0.2) is 5.96 Å². The van der Waals surface area contributed by atoms with Crippen molar-refractivity contribution in [2.75, 3.05) is 27.3 Å². The largest absolute Gasteiger partial charge is 0.508 e. The van der Waals surface area contributed by atoms with Gasteiger partial charge in [-0.1, -0.05) is 23.8 Å². The van der Waals surface area contributed by atoms with Crippen molar-refractivity contribution >= 4 is 29.9 Å². The van der Waals surface area contributed by atoms with Gasteiger partial charge in [-0.25, -0.2) is 0 Å². The monoisotopic (exact) mass is 513 g/mol. The molecule has 0 aliphatic carbocycles. The number of nitrogens with one attached hydrogen (secondary N) is 2. The van der Waals surface area contributed by atoms with Crippen LogP contribution in [0.3, 0.4) is 0 Å². The van der Waals surface area contributed by atoms with E-state index in [-0.39, 0.29) is 35.8 Å². The molecule has 2 aromatic carbocycles. The van der Waals surface area contributed by atoms with Gasteiger partial charge < -0.3 is 25.2 Å². The van der Waals surface area contributed by atoms with Crippen LogP contribution in [0.25, 0.3) is 0 Å². The first-order valence-electron chi connectivity index (χ1n) is 9.53. The number of nitrogens with zero attached hydrogens (tertiary/aromatic N) is 1. The summed E-state index contributed by atoms with van der Waals surface area (Å²) < 4.78 is 10.6. The minimum atomic E-state index is 0. The molecule has 0 saturated heterocycles. The normalized spacial score (nSPS) is 12.0. The highest BCUT2D eigenvalue weighted by Gasteiger charge is 2.13. The summed E-state index contributed by atoms with van der Waals surface area (Å²) in [5, 5.41) is 16.8. The summed E-state index contributed by atoms with van der Waals surface area (Å²) in [4.78, 5) is 4.65. The van der Waals surface area contributed by atoms with Gasteiger partial charge in [-0.05, 0) is 44.9 Å². The first-order valence-corrected chi connectivity index (χ1v) is 9.53. The van der Waals surface area contributed by atoms with Crippen LogP contribution in [0.15, 0.2) is 41.4 Å². The number of rotatable bonds is 8. The molecule has 29 heavy (non-hydrogen) atoms.